The number of esters is 1. The van der Waals surface area contributed by atoms with E-state index in [0.29, 0.717) is 23.3 Å². The third-order valence-corrected chi connectivity index (χ3v) is 10.7. The van der Waals surface area contributed by atoms with Crippen molar-refractivity contribution in [2.24, 2.45) is 41.5 Å². The summed E-state index contributed by atoms with van der Waals surface area (Å²) in [5.41, 5.74) is -1.69. The number of Topliss-reactive ketones (excluding diaryl/α,β-unsaturated/α-hetero) is 1. The summed E-state index contributed by atoms with van der Waals surface area (Å²) in [5, 5.41) is 39.0. The molecule has 218 valence electrons. The molecule has 1 spiro atoms. The van der Waals surface area contributed by atoms with E-state index in [4.69, 9.17) is 9.47 Å². The fourth-order valence-corrected chi connectivity index (χ4v) is 8.42. The number of aromatic nitrogens is 2. The first-order chi connectivity index (χ1) is 19.3. The number of ether oxygens (including phenoxy) is 2. The van der Waals surface area contributed by atoms with Crippen LogP contribution in [0.25, 0.3) is 11.1 Å². The smallest absolute Gasteiger partial charge is 0.357 e. The number of fused-ring (bicyclic) bond motifs is 3. The molecule has 9 heteroatoms. The van der Waals surface area contributed by atoms with Crippen LogP contribution in [-0.4, -0.2) is 68.4 Å². The summed E-state index contributed by atoms with van der Waals surface area (Å²) >= 11 is 0. The molecule has 1 aromatic heterocycles. The van der Waals surface area contributed by atoms with Crippen LogP contribution < -0.4 is 4.74 Å². The van der Waals surface area contributed by atoms with Crippen LogP contribution >= 0.6 is 0 Å². The topological polar surface area (TPSA) is 131 Å². The van der Waals surface area contributed by atoms with Crippen molar-refractivity contribution < 1.29 is 34.4 Å². The number of hydrogen-bond donors (Lipinski definition) is 3. The Balaban J connectivity index is 1.42. The van der Waals surface area contributed by atoms with Crippen molar-refractivity contribution in [2.45, 2.75) is 51.9 Å². The van der Waals surface area contributed by atoms with Gasteiger partial charge in [-0.15, -0.1) is 0 Å². The first-order valence-corrected chi connectivity index (χ1v) is 14.2. The van der Waals surface area contributed by atoms with Crippen molar-refractivity contribution in [2.75, 3.05) is 13.7 Å². The number of aryl methyl sites for hydroxylation is 1. The Morgan fingerprint density at radius 1 is 1.22 bits per heavy atom. The molecule has 0 aliphatic heterocycles. The Labute approximate surface area is 239 Å². The summed E-state index contributed by atoms with van der Waals surface area (Å²) in [6.07, 6.45) is 2.70. The van der Waals surface area contributed by atoms with Gasteiger partial charge in [0.1, 0.15) is 11.9 Å². The zero-order chi connectivity index (χ0) is 29.6. The van der Waals surface area contributed by atoms with Crippen molar-refractivity contribution in [3.63, 3.8) is 0 Å². The van der Waals surface area contributed by atoms with Crippen LogP contribution in [0.3, 0.4) is 0 Å². The summed E-state index contributed by atoms with van der Waals surface area (Å²) < 4.78 is 12.7. The second kappa shape index (κ2) is 9.11. The summed E-state index contributed by atoms with van der Waals surface area (Å²) in [6, 6.07) is 7.17. The number of carbonyl (C=O) groups is 2. The number of benzene rings is 1. The van der Waals surface area contributed by atoms with E-state index in [1.54, 1.807) is 51.6 Å². The van der Waals surface area contributed by atoms with Crippen LogP contribution in [0, 0.1) is 34.5 Å². The van der Waals surface area contributed by atoms with E-state index in [0.717, 1.165) is 5.56 Å². The van der Waals surface area contributed by atoms with Gasteiger partial charge in [0.15, 0.2) is 23.2 Å². The van der Waals surface area contributed by atoms with Crippen LogP contribution in [0.1, 0.15) is 44.6 Å². The highest BCUT2D eigenvalue weighted by molar-refractivity contribution is 5.97. The van der Waals surface area contributed by atoms with Gasteiger partial charge in [0.2, 0.25) is 0 Å². The minimum Gasteiger partial charge on any atom is -0.497 e. The molecule has 3 N–H and O–H groups in total. The number of aliphatic hydroxyl groups is 3. The highest BCUT2D eigenvalue weighted by atomic mass is 16.6. The molecule has 0 radical (unpaired) electrons. The van der Waals surface area contributed by atoms with Gasteiger partial charge in [0.25, 0.3) is 0 Å². The normalized spacial score (nSPS) is 36.8. The second-order valence-corrected chi connectivity index (χ2v) is 12.9. The van der Waals surface area contributed by atoms with E-state index >= 15 is 0 Å². The zero-order valence-electron chi connectivity index (χ0n) is 24.3. The number of nitrogens with zero attached hydrogens (tertiary/aromatic N) is 2. The molecule has 2 saturated carbocycles. The molecule has 1 aromatic carbocycles. The van der Waals surface area contributed by atoms with Gasteiger partial charge in [-0.05, 0) is 65.4 Å². The molecular weight excluding hydrogens is 524 g/mol. The summed E-state index contributed by atoms with van der Waals surface area (Å²) in [6.45, 7) is 7.42. The molecule has 2 aromatic rings. The Morgan fingerprint density at radius 3 is 2.54 bits per heavy atom. The maximum atomic E-state index is 14.5. The van der Waals surface area contributed by atoms with E-state index < -0.39 is 41.7 Å². The van der Waals surface area contributed by atoms with Crippen LogP contribution in [0.5, 0.6) is 5.75 Å². The lowest BCUT2D eigenvalue weighted by molar-refractivity contribution is -0.190. The lowest BCUT2D eigenvalue weighted by Gasteiger charge is -2.48. The summed E-state index contributed by atoms with van der Waals surface area (Å²) in [5.74, 6) is -0.876. The Hall–Kier alpha value is -3.27. The third-order valence-electron chi connectivity index (χ3n) is 10.7. The van der Waals surface area contributed by atoms with Gasteiger partial charge < -0.3 is 24.8 Å². The van der Waals surface area contributed by atoms with Crippen molar-refractivity contribution >= 4 is 11.8 Å². The number of methoxy groups -OCH3 is 1. The molecule has 2 fully saturated rings. The van der Waals surface area contributed by atoms with Crippen molar-refractivity contribution in [1.82, 2.24) is 9.78 Å². The number of ketones is 1. The Bertz CT molecular complexity index is 1490. The van der Waals surface area contributed by atoms with Gasteiger partial charge in [-0.2, -0.15) is 5.10 Å². The molecule has 2 bridgehead atoms. The van der Waals surface area contributed by atoms with Crippen LogP contribution in [0.2, 0.25) is 0 Å². The average molecular weight is 563 g/mol. The van der Waals surface area contributed by atoms with Crippen molar-refractivity contribution in [3.8, 4) is 16.9 Å². The van der Waals surface area contributed by atoms with Gasteiger partial charge >= 0.3 is 5.97 Å². The van der Waals surface area contributed by atoms with Gasteiger partial charge in [0, 0.05) is 18.5 Å². The molecule has 9 nitrogen and oxygen atoms in total. The predicted molar refractivity (Wildman–Crippen MR) is 150 cm³/mol. The molecule has 6 rings (SSSR count). The molecular formula is C32H38N2O7. The van der Waals surface area contributed by atoms with Gasteiger partial charge in [-0.25, -0.2) is 4.79 Å². The van der Waals surface area contributed by atoms with Crippen molar-refractivity contribution in [1.29, 1.82) is 0 Å². The fraction of sp³-hybridized carbons (Fsp3) is 0.531. The Morgan fingerprint density at radius 2 is 1.90 bits per heavy atom. The molecule has 1 heterocycles. The molecule has 2 unspecified atom stereocenters. The van der Waals surface area contributed by atoms with Crippen LogP contribution in [-0.2, 0) is 16.6 Å². The lowest BCUT2D eigenvalue weighted by Crippen LogP contribution is -2.65. The first kappa shape index (κ1) is 27.9. The van der Waals surface area contributed by atoms with E-state index in [-0.39, 0.29) is 40.2 Å². The standard InChI is InChI=1S/C32H38N2O7/c1-16-13-31-17(2)11-23-24(30(23,3)4)21(27(31)37)12-19(15-35)26(36)32(31,39)28(16)41-29(38)25-22(14-33-34(25)5)18-7-9-20(40-6)10-8-18/h7-10,12-14,17,21,23-24,26,28,35-36,39H,11,15H2,1-6H3/t17?,21-,23+,24-,26+,28-,31?,32-/m0/s1. The first-order valence-electron chi connectivity index (χ1n) is 14.2. The minimum absolute atomic E-state index is 0.0460. The molecule has 0 amide bonds. The SMILES string of the molecule is COc1ccc(-c2cnn(C)c2C(=O)O[C@H]2C(C)=CC34C(=O)[C@@H](C=C(CO)[C@@H](O)[C@]23O)[C@H]2[C@@H](CC4C)C2(C)C)cc1. The van der Waals surface area contributed by atoms with Crippen molar-refractivity contribution in [3.05, 3.63) is 59.5 Å². The predicted octanol–water partition coefficient (Wildman–Crippen LogP) is 3.09. The highest BCUT2D eigenvalue weighted by Gasteiger charge is 2.76. The number of aliphatic hydroxyl groups excluding tert-OH is 2. The second-order valence-electron chi connectivity index (χ2n) is 12.9. The summed E-state index contributed by atoms with van der Waals surface area (Å²) in [4.78, 5) is 28.4. The van der Waals surface area contributed by atoms with E-state index in [9.17, 15) is 24.9 Å². The average Bonchev–Trinajstić information content (AvgIpc) is 3.20. The van der Waals surface area contributed by atoms with Gasteiger partial charge in [-0.3, -0.25) is 9.48 Å². The third kappa shape index (κ3) is 3.55. The monoisotopic (exact) mass is 562 g/mol. The van der Waals surface area contributed by atoms with E-state index in [1.807, 2.05) is 19.1 Å². The summed E-state index contributed by atoms with van der Waals surface area (Å²) in [7, 11) is 3.20. The van der Waals surface area contributed by atoms with Crippen LogP contribution in [0.4, 0.5) is 0 Å². The number of allylic oxidation sites excluding steroid dienone is 1. The number of carbonyl (C=O) groups excluding carboxylic acids is 2. The number of rotatable bonds is 5. The largest absolute Gasteiger partial charge is 0.497 e. The maximum Gasteiger partial charge on any atom is 0.357 e. The Kier molecular flexibility index (Phi) is 6.20. The van der Waals surface area contributed by atoms with E-state index in [2.05, 4.69) is 18.9 Å². The zero-order valence-corrected chi connectivity index (χ0v) is 24.3. The molecule has 4 aliphatic carbocycles. The maximum absolute atomic E-state index is 14.5. The highest BCUT2D eigenvalue weighted by Crippen LogP contribution is 2.71. The van der Waals surface area contributed by atoms with Crippen LogP contribution in [0.15, 0.2) is 53.8 Å². The van der Waals surface area contributed by atoms with Gasteiger partial charge in [0.05, 0.1) is 25.3 Å². The molecule has 4 aliphatic rings. The van der Waals surface area contributed by atoms with E-state index in [1.165, 1.54) is 4.68 Å². The molecule has 8 atom stereocenters. The van der Waals surface area contributed by atoms with Gasteiger partial charge in [-0.1, -0.05) is 45.1 Å². The minimum atomic E-state index is -2.20. The lowest BCUT2D eigenvalue weighted by atomic mass is 9.59. The quantitative estimate of drug-likeness (QED) is 0.374. The number of hydrogen-bond acceptors (Lipinski definition) is 8. The fourth-order valence-electron chi connectivity index (χ4n) is 8.42. The molecule has 41 heavy (non-hydrogen) atoms. The molecule has 0 saturated heterocycles.